The molecule has 1 aliphatic rings. The average molecular weight is 592 g/mol. The summed E-state index contributed by atoms with van der Waals surface area (Å²) < 4.78 is 6.55. The molecule has 2 aromatic heterocycles. The van der Waals surface area contributed by atoms with Crippen molar-refractivity contribution in [3.8, 4) is 56.4 Å². The van der Waals surface area contributed by atoms with E-state index in [1.165, 1.54) is 22.3 Å². The van der Waals surface area contributed by atoms with Gasteiger partial charge in [0.2, 0.25) is 0 Å². The van der Waals surface area contributed by atoms with Gasteiger partial charge in [-0.3, -0.25) is 0 Å². The van der Waals surface area contributed by atoms with E-state index in [1.807, 2.05) is 48.5 Å². The highest BCUT2D eigenvalue weighted by Gasteiger charge is 2.36. The van der Waals surface area contributed by atoms with Crippen LogP contribution in [0.1, 0.15) is 25.0 Å². The standard InChI is InChI=1S/C42H29N3O/c1-42(2)34-21-10-9-19-30(34)32-25-37-33(24-35(32)42)38-31(20-12-22-36(38)46-37)41-44-39(27-15-7-4-8-16-27)43-40(45-41)29-18-11-17-28(23-29)26-13-5-3-6-14-26/h3-25H,1-2H3. The largest absolute Gasteiger partial charge is 0.456 e. The van der Waals surface area contributed by atoms with E-state index in [-0.39, 0.29) is 5.41 Å². The Bertz CT molecular complexity index is 2440. The van der Waals surface area contributed by atoms with E-state index in [9.17, 15) is 0 Å². The van der Waals surface area contributed by atoms with Gasteiger partial charge >= 0.3 is 0 Å². The lowest BCUT2D eigenvalue weighted by atomic mass is 9.82. The Morgan fingerprint density at radius 1 is 0.435 bits per heavy atom. The van der Waals surface area contributed by atoms with Gasteiger partial charge in [-0.1, -0.05) is 129 Å². The molecule has 46 heavy (non-hydrogen) atoms. The van der Waals surface area contributed by atoms with Crippen molar-refractivity contribution in [2.75, 3.05) is 0 Å². The van der Waals surface area contributed by atoms with Crippen LogP contribution in [-0.2, 0) is 5.41 Å². The highest BCUT2D eigenvalue weighted by atomic mass is 16.3. The van der Waals surface area contributed by atoms with Crippen molar-refractivity contribution in [2.24, 2.45) is 0 Å². The third-order valence-corrected chi connectivity index (χ3v) is 9.34. The van der Waals surface area contributed by atoms with E-state index >= 15 is 0 Å². The fourth-order valence-electron chi connectivity index (χ4n) is 7.02. The summed E-state index contributed by atoms with van der Waals surface area (Å²) in [6.07, 6.45) is 0. The molecule has 1 aliphatic carbocycles. The predicted molar refractivity (Wildman–Crippen MR) is 186 cm³/mol. The minimum atomic E-state index is -0.122. The number of rotatable bonds is 4. The van der Waals surface area contributed by atoms with E-state index in [1.54, 1.807) is 0 Å². The summed E-state index contributed by atoms with van der Waals surface area (Å²) in [5.74, 6) is 1.88. The van der Waals surface area contributed by atoms with E-state index < -0.39 is 0 Å². The first-order valence-electron chi connectivity index (χ1n) is 15.6. The molecule has 0 saturated carbocycles. The van der Waals surface area contributed by atoms with Gasteiger partial charge in [-0.2, -0.15) is 0 Å². The quantitative estimate of drug-likeness (QED) is 0.204. The number of furan rings is 1. The smallest absolute Gasteiger partial charge is 0.164 e. The summed E-state index contributed by atoms with van der Waals surface area (Å²) in [5.41, 5.74) is 11.8. The maximum absolute atomic E-state index is 6.55. The summed E-state index contributed by atoms with van der Waals surface area (Å²) in [6, 6.07) is 48.3. The lowest BCUT2D eigenvalue weighted by Crippen LogP contribution is -2.14. The van der Waals surface area contributed by atoms with Crippen LogP contribution in [-0.4, -0.2) is 15.0 Å². The van der Waals surface area contributed by atoms with Gasteiger partial charge in [0, 0.05) is 32.9 Å². The number of aromatic nitrogens is 3. The van der Waals surface area contributed by atoms with Gasteiger partial charge in [-0.25, -0.2) is 15.0 Å². The van der Waals surface area contributed by atoms with Crippen LogP contribution >= 0.6 is 0 Å². The molecule has 0 atom stereocenters. The van der Waals surface area contributed by atoms with E-state index in [0.29, 0.717) is 17.5 Å². The van der Waals surface area contributed by atoms with Crippen molar-refractivity contribution in [3.63, 3.8) is 0 Å². The molecule has 0 bridgehead atoms. The molecular formula is C42H29N3O. The number of hydrogen-bond donors (Lipinski definition) is 0. The Morgan fingerprint density at radius 2 is 1.04 bits per heavy atom. The molecule has 0 unspecified atom stereocenters. The number of hydrogen-bond acceptors (Lipinski definition) is 4. The lowest BCUT2D eigenvalue weighted by Gasteiger charge is -2.21. The van der Waals surface area contributed by atoms with E-state index in [2.05, 4.69) is 105 Å². The minimum absolute atomic E-state index is 0.122. The van der Waals surface area contributed by atoms with Crippen molar-refractivity contribution < 1.29 is 4.42 Å². The molecule has 2 heterocycles. The normalized spacial score (nSPS) is 13.2. The molecule has 0 amide bonds. The molecule has 9 rings (SSSR count). The Hall–Kier alpha value is -5.87. The van der Waals surface area contributed by atoms with E-state index in [4.69, 9.17) is 19.4 Å². The van der Waals surface area contributed by atoms with Crippen molar-refractivity contribution >= 4 is 21.9 Å². The maximum Gasteiger partial charge on any atom is 0.164 e. The SMILES string of the molecule is CC1(C)c2ccccc2-c2cc3oc4cccc(-c5nc(-c6ccccc6)nc(-c6cccc(-c7ccccc7)c6)n5)c4c3cc21. The van der Waals surface area contributed by atoms with Crippen LogP contribution in [0.4, 0.5) is 0 Å². The molecule has 0 radical (unpaired) electrons. The molecule has 0 N–H and O–H groups in total. The minimum Gasteiger partial charge on any atom is -0.456 e. The topological polar surface area (TPSA) is 51.8 Å². The summed E-state index contributed by atoms with van der Waals surface area (Å²) in [4.78, 5) is 15.2. The zero-order valence-corrected chi connectivity index (χ0v) is 25.5. The van der Waals surface area contributed by atoms with Gasteiger partial charge in [0.1, 0.15) is 11.2 Å². The monoisotopic (exact) mass is 591 g/mol. The van der Waals surface area contributed by atoms with Gasteiger partial charge in [0.05, 0.1) is 0 Å². The van der Waals surface area contributed by atoms with Crippen LogP contribution in [0.25, 0.3) is 78.4 Å². The molecule has 0 spiro atoms. The summed E-state index contributed by atoms with van der Waals surface area (Å²) in [7, 11) is 0. The Balaban J connectivity index is 1.27. The predicted octanol–water partition coefficient (Wildman–Crippen LogP) is 10.7. The highest BCUT2D eigenvalue weighted by Crippen LogP contribution is 2.51. The molecule has 0 aliphatic heterocycles. The van der Waals surface area contributed by atoms with Gasteiger partial charge in [-0.15, -0.1) is 0 Å². The molecule has 8 aromatic rings. The highest BCUT2D eigenvalue weighted by molar-refractivity contribution is 6.13. The Morgan fingerprint density at radius 3 is 1.85 bits per heavy atom. The number of nitrogens with zero attached hydrogens (tertiary/aromatic N) is 3. The fourth-order valence-corrected chi connectivity index (χ4v) is 7.02. The van der Waals surface area contributed by atoms with Gasteiger partial charge in [0.25, 0.3) is 0 Å². The van der Waals surface area contributed by atoms with Gasteiger partial charge in [0.15, 0.2) is 17.5 Å². The molecule has 4 heteroatoms. The van der Waals surface area contributed by atoms with Crippen molar-refractivity contribution in [2.45, 2.75) is 19.3 Å². The van der Waals surface area contributed by atoms with Crippen LogP contribution in [0, 0.1) is 0 Å². The third-order valence-electron chi connectivity index (χ3n) is 9.34. The zero-order valence-electron chi connectivity index (χ0n) is 25.5. The van der Waals surface area contributed by atoms with Crippen LogP contribution < -0.4 is 0 Å². The first-order valence-corrected chi connectivity index (χ1v) is 15.6. The first-order chi connectivity index (χ1) is 22.5. The van der Waals surface area contributed by atoms with Crippen molar-refractivity contribution in [3.05, 3.63) is 151 Å². The third kappa shape index (κ3) is 4.11. The van der Waals surface area contributed by atoms with Gasteiger partial charge in [-0.05, 0) is 57.6 Å². The molecule has 218 valence electrons. The zero-order chi connectivity index (χ0) is 30.8. The van der Waals surface area contributed by atoms with Gasteiger partial charge < -0.3 is 4.42 Å². The fraction of sp³-hybridized carbons (Fsp3) is 0.0714. The molecular weight excluding hydrogens is 562 g/mol. The average Bonchev–Trinajstić information content (AvgIpc) is 3.59. The second-order valence-corrected chi connectivity index (χ2v) is 12.5. The van der Waals surface area contributed by atoms with Crippen molar-refractivity contribution in [1.82, 2.24) is 15.0 Å². The molecule has 6 aromatic carbocycles. The second kappa shape index (κ2) is 10.1. The Labute approximate surface area is 267 Å². The lowest BCUT2D eigenvalue weighted by molar-refractivity contribution is 0.658. The van der Waals surface area contributed by atoms with Crippen LogP contribution in [0.5, 0.6) is 0 Å². The summed E-state index contributed by atoms with van der Waals surface area (Å²) >= 11 is 0. The van der Waals surface area contributed by atoms with E-state index in [0.717, 1.165) is 49.8 Å². The number of fused-ring (bicyclic) bond motifs is 6. The van der Waals surface area contributed by atoms with Crippen LogP contribution in [0.15, 0.2) is 144 Å². The summed E-state index contributed by atoms with van der Waals surface area (Å²) in [5, 5.41) is 2.08. The van der Waals surface area contributed by atoms with Crippen LogP contribution in [0.2, 0.25) is 0 Å². The molecule has 0 fully saturated rings. The Kier molecular flexibility index (Phi) is 5.81. The number of benzene rings is 6. The maximum atomic E-state index is 6.55. The van der Waals surface area contributed by atoms with Crippen LogP contribution in [0.3, 0.4) is 0 Å². The molecule has 4 nitrogen and oxygen atoms in total. The molecule has 0 saturated heterocycles. The first kappa shape index (κ1) is 26.5. The second-order valence-electron chi connectivity index (χ2n) is 12.5. The summed E-state index contributed by atoms with van der Waals surface area (Å²) in [6.45, 7) is 4.61. The van der Waals surface area contributed by atoms with Crippen molar-refractivity contribution in [1.29, 1.82) is 0 Å².